The Bertz CT molecular complexity index is 250. The molecule has 1 rings (SSSR count). The first-order valence-electron chi connectivity index (χ1n) is 5.83. The average Bonchev–Trinajstić information content (AvgIpc) is 2.17. The predicted octanol–water partition coefficient (Wildman–Crippen LogP) is 0.616. The van der Waals surface area contributed by atoms with Gasteiger partial charge in [-0.25, -0.2) is 0 Å². The highest BCUT2D eigenvalue weighted by atomic mass is 32.2. The molecule has 3 atom stereocenters. The molecule has 0 aromatic carbocycles. The van der Waals surface area contributed by atoms with Gasteiger partial charge in [-0.3, -0.25) is 4.79 Å². The standard InChI is InChI=1S/C11H22N2O2S/c1-8(4-6-14)16-9-3-2-5-11(13,7-9)10(12)15/h8-9,14H,2-7,13H2,1H3,(H2,12,15). The lowest BCUT2D eigenvalue weighted by molar-refractivity contribution is -0.124. The van der Waals surface area contributed by atoms with Crippen molar-refractivity contribution >= 4 is 17.7 Å². The highest BCUT2D eigenvalue weighted by molar-refractivity contribution is 8.00. The molecule has 0 aliphatic heterocycles. The highest BCUT2D eigenvalue weighted by Gasteiger charge is 2.38. The van der Waals surface area contributed by atoms with Gasteiger partial charge in [-0.1, -0.05) is 6.92 Å². The molecule has 1 saturated carbocycles. The van der Waals surface area contributed by atoms with Crippen LogP contribution in [0.25, 0.3) is 0 Å². The zero-order chi connectivity index (χ0) is 12.2. The molecule has 5 heteroatoms. The Morgan fingerprint density at radius 2 is 2.38 bits per heavy atom. The van der Waals surface area contributed by atoms with Crippen LogP contribution in [0.15, 0.2) is 0 Å². The summed E-state index contributed by atoms with van der Waals surface area (Å²) >= 11 is 1.82. The van der Waals surface area contributed by atoms with Gasteiger partial charge in [0.2, 0.25) is 5.91 Å². The Kier molecular flexibility index (Phi) is 5.08. The molecule has 1 amide bonds. The highest BCUT2D eigenvalue weighted by Crippen LogP contribution is 2.35. The van der Waals surface area contributed by atoms with E-state index in [0.29, 0.717) is 23.3 Å². The molecule has 94 valence electrons. The van der Waals surface area contributed by atoms with Crippen molar-refractivity contribution in [3.05, 3.63) is 0 Å². The Hall–Kier alpha value is -0.260. The second-order valence-electron chi connectivity index (χ2n) is 4.70. The number of aliphatic hydroxyl groups is 1. The molecule has 0 aromatic rings. The summed E-state index contributed by atoms with van der Waals surface area (Å²) in [6, 6.07) is 0. The molecule has 0 saturated heterocycles. The van der Waals surface area contributed by atoms with Crippen LogP contribution < -0.4 is 11.5 Å². The number of aliphatic hydroxyl groups excluding tert-OH is 1. The van der Waals surface area contributed by atoms with Gasteiger partial charge in [0.05, 0.1) is 5.54 Å². The van der Waals surface area contributed by atoms with Gasteiger partial charge in [0, 0.05) is 17.1 Å². The van der Waals surface area contributed by atoms with Crippen molar-refractivity contribution in [1.29, 1.82) is 0 Å². The molecule has 4 nitrogen and oxygen atoms in total. The monoisotopic (exact) mass is 246 g/mol. The van der Waals surface area contributed by atoms with Crippen LogP contribution in [0.3, 0.4) is 0 Å². The minimum Gasteiger partial charge on any atom is -0.396 e. The van der Waals surface area contributed by atoms with Crippen LogP contribution in [-0.2, 0) is 4.79 Å². The molecule has 0 spiro atoms. The molecule has 16 heavy (non-hydrogen) atoms. The van der Waals surface area contributed by atoms with Gasteiger partial charge in [-0.2, -0.15) is 11.8 Å². The summed E-state index contributed by atoms with van der Waals surface area (Å²) in [7, 11) is 0. The number of carbonyl (C=O) groups excluding carboxylic acids is 1. The second kappa shape index (κ2) is 5.89. The predicted molar refractivity (Wildman–Crippen MR) is 67.1 cm³/mol. The normalized spacial score (nSPS) is 32.3. The number of nitrogens with two attached hydrogens (primary N) is 2. The minimum atomic E-state index is -0.811. The van der Waals surface area contributed by atoms with Gasteiger partial charge in [-0.05, 0) is 32.1 Å². The molecular weight excluding hydrogens is 224 g/mol. The Balaban J connectivity index is 2.47. The summed E-state index contributed by atoms with van der Waals surface area (Å²) in [5.74, 6) is -0.382. The SMILES string of the molecule is CC(CCO)SC1CCCC(N)(C(N)=O)C1. The minimum absolute atomic E-state index is 0.213. The summed E-state index contributed by atoms with van der Waals surface area (Å²) < 4.78 is 0. The van der Waals surface area contributed by atoms with E-state index in [-0.39, 0.29) is 12.5 Å². The third-order valence-electron chi connectivity index (χ3n) is 3.19. The van der Waals surface area contributed by atoms with E-state index in [1.807, 2.05) is 11.8 Å². The maximum Gasteiger partial charge on any atom is 0.237 e. The summed E-state index contributed by atoms with van der Waals surface area (Å²) in [5, 5.41) is 9.65. The van der Waals surface area contributed by atoms with Crippen molar-refractivity contribution in [3.63, 3.8) is 0 Å². The number of thioether (sulfide) groups is 1. The van der Waals surface area contributed by atoms with Crippen molar-refractivity contribution in [2.24, 2.45) is 11.5 Å². The van der Waals surface area contributed by atoms with Gasteiger partial charge < -0.3 is 16.6 Å². The van der Waals surface area contributed by atoms with Crippen molar-refractivity contribution in [3.8, 4) is 0 Å². The lowest BCUT2D eigenvalue weighted by atomic mass is 9.82. The summed E-state index contributed by atoms with van der Waals surface area (Å²) in [4.78, 5) is 11.3. The molecule has 3 unspecified atom stereocenters. The third kappa shape index (κ3) is 3.64. The zero-order valence-electron chi connectivity index (χ0n) is 9.82. The van der Waals surface area contributed by atoms with Crippen LogP contribution >= 0.6 is 11.8 Å². The fraction of sp³-hybridized carbons (Fsp3) is 0.909. The molecule has 1 fully saturated rings. The van der Waals surface area contributed by atoms with Crippen LogP contribution in [0.5, 0.6) is 0 Å². The van der Waals surface area contributed by atoms with Crippen molar-refractivity contribution < 1.29 is 9.90 Å². The summed E-state index contributed by atoms with van der Waals surface area (Å²) in [6.07, 6.45) is 4.21. The first-order chi connectivity index (χ1) is 7.48. The smallest absolute Gasteiger partial charge is 0.237 e. The van der Waals surface area contributed by atoms with Crippen LogP contribution in [0.1, 0.15) is 39.0 Å². The average molecular weight is 246 g/mol. The fourth-order valence-corrected chi connectivity index (χ4v) is 3.77. The van der Waals surface area contributed by atoms with Crippen LogP contribution in [0, 0.1) is 0 Å². The number of rotatable bonds is 5. The third-order valence-corrected chi connectivity index (χ3v) is 4.68. The fourth-order valence-electron chi connectivity index (χ4n) is 2.17. The maximum absolute atomic E-state index is 11.3. The molecule has 0 aromatic heterocycles. The van der Waals surface area contributed by atoms with E-state index in [0.717, 1.165) is 19.3 Å². The first kappa shape index (κ1) is 13.8. The maximum atomic E-state index is 11.3. The van der Waals surface area contributed by atoms with Crippen LogP contribution in [-0.4, -0.2) is 33.7 Å². The van der Waals surface area contributed by atoms with Gasteiger partial charge in [0.25, 0.3) is 0 Å². The quantitative estimate of drug-likeness (QED) is 0.663. The second-order valence-corrected chi connectivity index (χ2v) is 6.44. The van der Waals surface area contributed by atoms with E-state index in [9.17, 15) is 4.79 Å². The number of amides is 1. The lowest BCUT2D eigenvalue weighted by Crippen LogP contribution is -2.55. The van der Waals surface area contributed by atoms with Crippen molar-refractivity contribution in [1.82, 2.24) is 0 Å². The molecule has 0 radical (unpaired) electrons. The Labute approximate surface area is 101 Å². The Morgan fingerprint density at radius 3 is 2.94 bits per heavy atom. The van der Waals surface area contributed by atoms with Gasteiger partial charge >= 0.3 is 0 Å². The van der Waals surface area contributed by atoms with Gasteiger partial charge in [-0.15, -0.1) is 0 Å². The van der Waals surface area contributed by atoms with E-state index in [1.165, 1.54) is 0 Å². The van der Waals surface area contributed by atoms with Crippen molar-refractivity contribution in [2.45, 2.75) is 55.1 Å². The number of carbonyl (C=O) groups is 1. The van der Waals surface area contributed by atoms with E-state index in [4.69, 9.17) is 16.6 Å². The molecule has 1 aliphatic rings. The number of primary amides is 1. The molecule has 0 heterocycles. The van der Waals surface area contributed by atoms with E-state index < -0.39 is 5.54 Å². The largest absolute Gasteiger partial charge is 0.396 e. The lowest BCUT2D eigenvalue weighted by Gasteiger charge is -2.36. The summed E-state index contributed by atoms with van der Waals surface area (Å²) in [6.45, 7) is 2.31. The Morgan fingerprint density at radius 1 is 1.69 bits per heavy atom. The topological polar surface area (TPSA) is 89.3 Å². The van der Waals surface area contributed by atoms with E-state index >= 15 is 0 Å². The van der Waals surface area contributed by atoms with Crippen LogP contribution in [0.4, 0.5) is 0 Å². The van der Waals surface area contributed by atoms with E-state index in [2.05, 4.69) is 6.92 Å². The van der Waals surface area contributed by atoms with Crippen molar-refractivity contribution in [2.75, 3.05) is 6.61 Å². The summed E-state index contributed by atoms with van der Waals surface area (Å²) in [5.41, 5.74) is 10.5. The van der Waals surface area contributed by atoms with Gasteiger partial charge in [0.1, 0.15) is 0 Å². The zero-order valence-corrected chi connectivity index (χ0v) is 10.6. The molecule has 5 N–H and O–H groups in total. The first-order valence-corrected chi connectivity index (χ1v) is 6.77. The van der Waals surface area contributed by atoms with Crippen LogP contribution in [0.2, 0.25) is 0 Å². The van der Waals surface area contributed by atoms with E-state index in [1.54, 1.807) is 0 Å². The van der Waals surface area contributed by atoms with Gasteiger partial charge in [0.15, 0.2) is 0 Å². The number of hydrogen-bond donors (Lipinski definition) is 3. The number of hydrogen-bond acceptors (Lipinski definition) is 4. The molecule has 1 aliphatic carbocycles. The molecule has 0 bridgehead atoms. The molecular formula is C11H22N2O2S.